The molecule has 244 valence electrons. The van der Waals surface area contributed by atoms with Gasteiger partial charge in [0, 0.05) is 29.8 Å². The molecule has 0 spiro atoms. The highest BCUT2D eigenvalue weighted by Gasteiger charge is 2.49. The summed E-state index contributed by atoms with van der Waals surface area (Å²) in [4.78, 5) is 22.9. The second-order valence-corrected chi connectivity index (χ2v) is 12.5. The van der Waals surface area contributed by atoms with Gasteiger partial charge in [-0.15, -0.1) is 0 Å². The van der Waals surface area contributed by atoms with Crippen molar-refractivity contribution in [3.05, 3.63) is 53.5 Å². The monoisotopic (exact) mass is 639 g/mol. The molecule has 0 saturated carbocycles. The van der Waals surface area contributed by atoms with Gasteiger partial charge in [0.15, 0.2) is 17.4 Å². The number of unbranched alkanes of at least 4 members (excludes halogenated alkanes) is 2. The van der Waals surface area contributed by atoms with Crippen molar-refractivity contribution in [2.45, 2.75) is 82.8 Å². The van der Waals surface area contributed by atoms with Crippen molar-refractivity contribution in [1.29, 1.82) is 0 Å². The second-order valence-electron chi connectivity index (χ2n) is 12.5. The molecule has 2 fully saturated rings. The highest BCUT2D eigenvalue weighted by molar-refractivity contribution is 6.02. The van der Waals surface area contributed by atoms with Gasteiger partial charge < -0.3 is 14.6 Å². The van der Waals surface area contributed by atoms with Gasteiger partial charge in [0.1, 0.15) is 29.9 Å². The third kappa shape index (κ3) is 5.63. The molecule has 2 aliphatic rings. The highest BCUT2D eigenvalue weighted by atomic mass is 19.1. The topological polar surface area (TPSA) is 84.8 Å². The van der Waals surface area contributed by atoms with E-state index in [4.69, 9.17) is 9.47 Å². The van der Waals surface area contributed by atoms with Crippen LogP contribution in [0.15, 0.2) is 30.3 Å². The minimum Gasteiger partial charge on any atom is -0.508 e. The molecule has 0 radical (unpaired) electrons. The normalized spacial score (nSPS) is 20.3. The number of alkyl halides is 1. The van der Waals surface area contributed by atoms with Gasteiger partial charge in [-0.25, -0.2) is 17.6 Å². The number of nitrogens with zero attached hydrogens (tertiary/aromatic N) is 3. The molecule has 6 rings (SSSR count). The van der Waals surface area contributed by atoms with Crippen LogP contribution in [0.2, 0.25) is 0 Å². The summed E-state index contributed by atoms with van der Waals surface area (Å²) in [6, 6.07) is 6.25. The molecule has 2 saturated heterocycles. The Kier molecular flexibility index (Phi) is 9.05. The number of carbonyl (C=O) groups excluding carboxylic acids is 1. The van der Waals surface area contributed by atoms with Gasteiger partial charge in [-0.05, 0) is 55.8 Å². The number of aromatic hydroxyl groups is 1. The first-order valence-corrected chi connectivity index (χ1v) is 16.0. The summed E-state index contributed by atoms with van der Waals surface area (Å²) < 4.78 is 74.5. The number of hydrogen-bond acceptors (Lipinski definition) is 7. The van der Waals surface area contributed by atoms with Crippen LogP contribution in [-0.2, 0) is 4.79 Å². The molecule has 7 nitrogen and oxygen atoms in total. The number of ether oxygens (including phenoxy) is 2. The van der Waals surface area contributed by atoms with E-state index in [1.165, 1.54) is 18.2 Å². The van der Waals surface area contributed by atoms with Crippen LogP contribution >= 0.6 is 0 Å². The number of aromatic nitrogens is 2. The van der Waals surface area contributed by atoms with Gasteiger partial charge in [-0.2, -0.15) is 9.97 Å². The summed E-state index contributed by atoms with van der Waals surface area (Å²) in [7, 11) is 0. The predicted octanol–water partition coefficient (Wildman–Crippen LogP) is 8.14. The van der Waals surface area contributed by atoms with Gasteiger partial charge >= 0.3 is 6.01 Å². The van der Waals surface area contributed by atoms with Crippen LogP contribution in [0.25, 0.3) is 32.8 Å². The minimum absolute atomic E-state index is 0.0359. The fourth-order valence-corrected chi connectivity index (χ4v) is 7.42. The van der Waals surface area contributed by atoms with E-state index in [0.29, 0.717) is 25.8 Å². The first-order valence-electron chi connectivity index (χ1n) is 16.0. The zero-order valence-electron chi connectivity index (χ0n) is 25.9. The van der Waals surface area contributed by atoms with E-state index in [2.05, 4.69) is 21.8 Å². The largest absolute Gasteiger partial charge is 0.508 e. The number of phenols is 1. The molecule has 11 heteroatoms. The SMILES string of the molecule is CCCCCC(CC)c1nc(OC[C@@]23CCCN2C[C@H](F)C3)nc2c(F)c(-c3cc(O)cc4cccc(F)c34)c(F)c(OC=O)c12. The average molecular weight is 640 g/mol. The Balaban J connectivity index is 1.59. The summed E-state index contributed by atoms with van der Waals surface area (Å²) in [5.41, 5.74) is -1.63. The standard InChI is InChI=1S/C35H37F4N3O4/c1-3-5-6-9-20(4-2)31-28-32(41-34(40-31)45-18-35-12-8-13-42(35)17-22(36)16-35)29(38)27(30(39)33(28)46-19-43)24-15-23(44)14-21-10-7-11-25(37)26(21)24/h7,10-11,14-15,19-20,22,44H,3-6,8-9,12-13,16-18H2,1-2H3/t20?,22-,35+/m1/s1. The van der Waals surface area contributed by atoms with Crippen LogP contribution in [0, 0.1) is 17.5 Å². The first kappa shape index (κ1) is 32.0. The van der Waals surface area contributed by atoms with Crippen LogP contribution in [0.5, 0.6) is 17.5 Å². The first-order chi connectivity index (χ1) is 22.2. The Morgan fingerprint density at radius 3 is 2.72 bits per heavy atom. The molecule has 1 aromatic heterocycles. The quantitative estimate of drug-likeness (QED) is 0.0952. The molecular formula is C35H37F4N3O4. The van der Waals surface area contributed by atoms with Gasteiger partial charge in [0.2, 0.25) is 0 Å². The van der Waals surface area contributed by atoms with Crippen molar-refractivity contribution < 1.29 is 36.9 Å². The number of hydrogen-bond donors (Lipinski definition) is 1. The van der Waals surface area contributed by atoms with E-state index in [1.807, 2.05) is 6.92 Å². The minimum atomic E-state index is -1.25. The van der Waals surface area contributed by atoms with E-state index in [-0.39, 0.29) is 63.7 Å². The molecule has 1 unspecified atom stereocenters. The van der Waals surface area contributed by atoms with Gasteiger partial charge in [0.25, 0.3) is 6.47 Å². The summed E-state index contributed by atoms with van der Waals surface area (Å²) >= 11 is 0. The van der Waals surface area contributed by atoms with Crippen molar-refractivity contribution in [2.24, 2.45) is 0 Å². The van der Waals surface area contributed by atoms with Crippen molar-refractivity contribution in [2.75, 3.05) is 19.7 Å². The number of rotatable bonds is 12. The molecule has 46 heavy (non-hydrogen) atoms. The molecule has 0 bridgehead atoms. The number of carbonyl (C=O) groups is 1. The van der Waals surface area contributed by atoms with E-state index in [0.717, 1.165) is 50.8 Å². The second kappa shape index (κ2) is 13.0. The molecule has 0 aliphatic carbocycles. The molecule has 0 amide bonds. The summed E-state index contributed by atoms with van der Waals surface area (Å²) in [5.74, 6) is -4.40. The zero-order chi connectivity index (χ0) is 32.6. The fraction of sp³-hybridized carbons (Fsp3) is 0.457. The molecule has 3 aromatic carbocycles. The van der Waals surface area contributed by atoms with Crippen LogP contribution in [-0.4, -0.2) is 57.9 Å². The molecule has 2 aliphatic heterocycles. The maximum absolute atomic E-state index is 16.9. The Morgan fingerprint density at radius 1 is 1.13 bits per heavy atom. The lowest BCUT2D eigenvalue weighted by atomic mass is 9.90. The predicted molar refractivity (Wildman–Crippen MR) is 166 cm³/mol. The van der Waals surface area contributed by atoms with Crippen LogP contribution < -0.4 is 9.47 Å². The lowest BCUT2D eigenvalue weighted by Gasteiger charge is -2.31. The van der Waals surface area contributed by atoms with E-state index >= 15 is 13.2 Å². The smallest absolute Gasteiger partial charge is 0.317 e. The lowest BCUT2D eigenvalue weighted by molar-refractivity contribution is -0.120. The highest BCUT2D eigenvalue weighted by Crippen LogP contribution is 2.46. The number of halogens is 4. The Labute approximate surface area is 264 Å². The van der Waals surface area contributed by atoms with Crippen molar-refractivity contribution in [1.82, 2.24) is 14.9 Å². The Hall–Kier alpha value is -3.99. The number of phenolic OH excluding ortho intramolecular Hbond substituents is 1. The zero-order valence-corrected chi connectivity index (χ0v) is 25.9. The van der Waals surface area contributed by atoms with Crippen molar-refractivity contribution in [3.63, 3.8) is 0 Å². The van der Waals surface area contributed by atoms with Gasteiger partial charge in [-0.1, -0.05) is 45.2 Å². The summed E-state index contributed by atoms with van der Waals surface area (Å²) in [6.45, 7) is 5.19. The third-order valence-corrected chi connectivity index (χ3v) is 9.60. The Bertz CT molecular complexity index is 1790. The van der Waals surface area contributed by atoms with Gasteiger partial charge in [0.05, 0.1) is 22.2 Å². The Morgan fingerprint density at radius 2 is 1.96 bits per heavy atom. The molecular weight excluding hydrogens is 602 g/mol. The lowest BCUT2D eigenvalue weighted by Crippen LogP contribution is -2.43. The van der Waals surface area contributed by atoms with E-state index in [1.54, 1.807) is 0 Å². The number of fused-ring (bicyclic) bond motifs is 3. The molecule has 3 atom stereocenters. The fourth-order valence-electron chi connectivity index (χ4n) is 7.42. The summed E-state index contributed by atoms with van der Waals surface area (Å²) in [5, 5.41) is 10.4. The third-order valence-electron chi connectivity index (χ3n) is 9.60. The average Bonchev–Trinajstić information content (AvgIpc) is 3.55. The number of benzene rings is 3. The maximum atomic E-state index is 16.9. The van der Waals surface area contributed by atoms with Crippen LogP contribution in [0.1, 0.15) is 76.8 Å². The summed E-state index contributed by atoms with van der Waals surface area (Å²) in [6.07, 6.45) is 4.88. The van der Waals surface area contributed by atoms with Crippen molar-refractivity contribution >= 4 is 28.1 Å². The van der Waals surface area contributed by atoms with E-state index < -0.39 is 40.5 Å². The molecule has 3 heterocycles. The van der Waals surface area contributed by atoms with Crippen molar-refractivity contribution in [3.8, 4) is 28.6 Å². The van der Waals surface area contributed by atoms with Gasteiger partial charge in [-0.3, -0.25) is 9.69 Å². The molecule has 4 aromatic rings. The van der Waals surface area contributed by atoms with Crippen LogP contribution in [0.3, 0.4) is 0 Å². The maximum Gasteiger partial charge on any atom is 0.317 e. The van der Waals surface area contributed by atoms with Crippen LogP contribution in [0.4, 0.5) is 17.6 Å². The van der Waals surface area contributed by atoms with E-state index in [9.17, 15) is 14.3 Å². The molecule has 1 N–H and O–H groups in total.